The summed E-state index contributed by atoms with van der Waals surface area (Å²) in [5.74, 6) is -0.0420. The molecule has 0 bridgehead atoms. The van der Waals surface area contributed by atoms with Crippen LogP contribution in [-0.2, 0) is 16.6 Å². The lowest BCUT2D eigenvalue weighted by Crippen LogP contribution is -2.43. The standard InChI is InChI=1S/C20H25N3O4S2/c1-29(26,27)22-13-16-4-2-10-23(14-16)20(25)17-8-6-15(7-9-17)12-21-19(24)18-5-3-11-28-18/h3,5-9,11,16,22H,2,4,10,12-14H2,1H3,(H,21,24)/t16-/m0/s1. The highest BCUT2D eigenvalue weighted by Gasteiger charge is 2.25. The first kappa shape index (κ1) is 21.5. The third-order valence-electron chi connectivity index (χ3n) is 4.84. The van der Waals surface area contributed by atoms with Gasteiger partial charge in [-0.3, -0.25) is 9.59 Å². The summed E-state index contributed by atoms with van der Waals surface area (Å²) in [4.78, 5) is 27.3. The minimum absolute atomic E-state index is 0.0526. The second-order valence-corrected chi connectivity index (χ2v) is 10.0. The van der Waals surface area contributed by atoms with E-state index in [4.69, 9.17) is 0 Å². The van der Waals surface area contributed by atoms with Gasteiger partial charge in [0.2, 0.25) is 10.0 Å². The van der Waals surface area contributed by atoms with E-state index in [-0.39, 0.29) is 17.7 Å². The normalized spacial score (nSPS) is 17.1. The van der Waals surface area contributed by atoms with E-state index in [1.165, 1.54) is 11.3 Å². The molecule has 0 spiro atoms. The molecule has 1 aliphatic heterocycles. The van der Waals surface area contributed by atoms with E-state index in [9.17, 15) is 18.0 Å². The van der Waals surface area contributed by atoms with Gasteiger partial charge in [-0.05, 0) is 47.9 Å². The highest BCUT2D eigenvalue weighted by atomic mass is 32.2. The predicted octanol–water partition coefficient (Wildman–Crippen LogP) is 2.08. The zero-order valence-corrected chi connectivity index (χ0v) is 17.9. The molecule has 156 valence electrons. The van der Waals surface area contributed by atoms with Crippen molar-refractivity contribution in [3.05, 3.63) is 57.8 Å². The van der Waals surface area contributed by atoms with E-state index in [1.807, 2.05) is 23.6 Å². The molecule has 0 unspecified atom stereocenters. The lowest BCUT2D eigenvalue weighted by atomic mass is 9.97. The average molecular weight is 436 g/mol. The summed E-state index contributed by atoms with van der Waals surface area (Å²) in [6, 6.07) is 10.8. The molecule has 0 radical (unpaired) electrons. The van der Waals surface area contributed by atoms with Gasteiger partial charge in [0.15, 0.2) is 0 Å². The lowest BCUT2D eigenvalue weighted by Gasteiger charge is -2.32. The first-order valence-corrected chi connectivity index (χ1v) is 12.2. The molecule has 0 aliphatic carbocycles. The van der Waals surface area contributed by atoms with Gasteiger partial charge in [0.25, 0.3) is 11.8 Å². The quantitative estimate of drug-likeness (QED) is 0.696. The van der Waals surface area contributed by atoms with Crippen molar-refractivity contribution in [2.45, 2.75) is 19.4 Å². The molecule has 3 rings (SSSR count). The summed E-state index contributed by atoms with van der Waals surface area (Å²) in [6.07, 6.45) is 2.90. The number of carbonyl (C=O) groups is 2. The Morgan fingerprint density at radius 3 is 2.62 bits per heavy atom. The molecule has 2 N–H and O–H groups in total. The monoisotopic (exact) mass is 435 g/mol. The van der Waals surface area contributed by atoms with Crippen LogP contribution in [0.4, 0.5) is 0 Å². The summed E-state index contributed by atoms with van der Waals surface area (Å²) < 4.78 is 25.1. The van der Waals surface area contributed by atoms with Gasteiger partial charge < -0.3 is 10.2 Å². The molecular weight excluding hydrogens is 410 g/mol. The molecule has 2 aromatic rings. The maximum Gasteiger partial charge on any atom is 0.261 e. The van der Waals surface area contributed by atoms with Gasteiger partial charge in [-0.15, -0.1) is 11.3 Å². The summed E-state index contributed by atoms with van der Waals surface area (Å²) in [6.45, 7) is 1.96. The predicted molar refractivity (Wildman–Crippen MR) is 113 cm³/mol. The minimum atomic E-state index is -3.23. The molecule has 1 aliphatic rings. The molecule has 9 heteroatoms. The van der Waals surface area contributed by atoms with Crippen LogP contribution in [0.5, 0.6) is 0 Å². The highest BCUT2D eigenvalue weighted by molar-refractivity contribution is 7.88. The van der Waals surface area contributed by atoms with Gasteiger partial charge in [-0.1, -0.05) is 18.2 Å². The molecule has 0 saturated carbocycles. The van der Waals surface area contributed by atoms with E-state index in [0.717, 1.165) is 24.7 Å². The third kappa shape index (κ3) is 6.38. The number of nitrogens with one attached hydrogen (secondary N) is 2. The lowest BCUT2D eigenvalue weighted by molar-refractivity contribution is 0.0676. The van der Waals surface area contributed by atoms with Gasteiger partial charge in [-0.25, -0.2) is 13.1 Å². The van der Waals surface area contributed by atoms with Gasteiger partial charge >= 0.3 is 0 Å². The number of rotatable bonds is 7. The number of carbonyl (C=O) groups excluding carboxylic acids is 2. The van der Waals surface area contributed by atoms with Gasteiger partial charge in [0.1, 0.15) is 0 Å². The molecule has 1 fully saturated rings. The van der Waals surface area contributed by atoms with Gasteiger partial charge in [0.05, 0.1) is 11.1 Å². The van der Waals surface area contributed by atoms with Crippen molar-refractivity contribution in [2.24, 2.45) is 5.92 Å². The molecule has 1 aromatic heterocycles. The first-order chi connectivity index (χ1) is 13.8. The third-order valence-corrected chi connectivity index (χ3v) is 6.40. The number of hydrogen-bond acceptors (Lipinski definition) is 5. The second kappa shape index (κ2) is 9.51. The van der Waals surface area contributed by atoms with Crippen molar-refractivity contribution >= 4 is 33.2 Å². The summed E-state index contributed by atoms with van der Waals surface area (Å²) in [5.41, 5.74) is 1.51. The SMILES string of the molecule is CS(=O)(=O)NC[C@@H]1CCCN(C(=O)c2ccc(CNC(=O)c3cccs3)cc2)C1. The fraction of sp³-hybridized carbons (Fsp3) is 0.400. The van der Waals surface area contributed by atoms with Crippen LogP contribution in [-0.4, -0.2) is 51.0 Å². The molecule has 2 amide bonds. The summed E-state index contributed by atoms with van der Waals surface area (Å²) in [5, 5.41) is 4.72. The summed E-state index contributed by atoms with van der Waals surface area (Å²) >= 11 is 1.39. The van der Waals surface area contributed by atoms with Crippen molar-refractivity contribution in [1.29, 1.82) is 0 Å². The van der Waals surface area contributed by atoms with Crippen molar-refractivity contribution < 1.29 is 18.0 Å². The van der Waals surface area contributed by atoms with Crippen molar-refractivity contribution in [3.63, 3.8) is 0 Å². The Hall–Kier alpha value is -2.23. The van der Waals surface area contributed by atoms with Crippen LogP contribution in [0.2, 0.25) is 0 Å². The second-order valence-electron chi connectivity index (χ2n) is 7.24. The van der Waals surface area contributed by atoms with Crippen LogP contribution < -0.4 is 10.0 Å². The average Bonchev–Trinajstić information content (AvgIpc) is 3.25. The molecule has 7 nitrogen and oxygen atoms in total. The number of amides is 2. The van der Waals surface area contributed by atoms with Gasteiger partial charge in [0, 0.05) is 31.7 Å². The van der Waals surface area contributed by atoms with Crippen LogP contribution in [0.1, 0.15) is 38.4 Å². The molecule has 1 aromatic carbocycles. The highest BCUT2D eigenvalue weighted by Crippen LogP contribution is 2.19. The minimum Gasteiger partial charge on any atom is -0.347 e. The number of benzene rings is 1. The van der Waals surface area contributed by atoms with Crippen molar-refractivity contribution in [2.75, 3.05) is 25.9 Å². The Balaban J connectivity index is 1.53. The van der Waals surface area contributed by atoms with Crippen molar-refractivity contribution in [1.82, 2.24) is 14.9 Å². The van der Waals surface area contributed by atoms with E-state index < -0.39 is 10.0 Å². The fourth-order valence-corrected chi connectivity index (χ4v) is 4.49. The molecule has 2 heterocycles. The van der Waals surface area contributed by atoms with E-state index in [1.54, 1.807) is 23.1 Å². The van der Waals surface area contributed by atoms with Gasteiger partial charge in [-0.2, -0.15) is 0 Å². The zero-order valence-electron chi connectivity index (χ0n) is 16.3. The molecule has 29 heavy (non-hydrogen) atoms. The largest absolute Gasteiger partial charge is 0.347 e. The maximum atomic E-state index is 12.8. The Labute approximate surface area is 175 Å². The topological polar surface area (TPSA) is 95.6 Å². The molecule has 1 saturated heterocycles. The smallest absolute Gasteiger partial charge is 0.261 e. The van der Waals surface area contributed by atoms with Crippen LogP contribution >= 0.6 is 11.3 Å². The Morgan fingerprint density at radius 2 is 1.97 bits per heavy atom. The van der Waals surface area contributed by atoms with Crippen LogP contribution in [0.15, 0.2) is 41.8 Å². The number of nitrogens with zero attached hydrogens (tertiary/aromatic N) is 1. The van der Waals surface area contributed by atoms with E-state index in [0.29, 0.717) is 36.6 Å². The number of sulfonamides is 1. The maximum absolute atomic E-state index is 12.8. The molecule has 1 atom stereocenters. The fourth-order valence-electron chi connectivity index (χ4n) is 3.31. The summed E-state index contributed by atoms with van der Waals surface area (Å²) in [7, 11) is -3.23. The number of likely N-dealkylation sites (tertiary alicyclic amines) is 1. The van der Waals surface area contributed by atoms with E-state index in [2.05, 4.69) is 10.0 Å². The first-order valence-electron chi connectivity index (χ1n) is 9.46. The Bertz CT molecular complexity index is 941. The molecular formula is C20H25N3O4S2. The van der Waals surface area contributed by atoms with Crippen LogP contribution in [0, 0.1) is 5.92 Å². The number of thiophene rings is 1. The van der Waals surface area contributed by atoms with Crippen LogP contribution in [0.3, 0.4) is 0 Å². The van der Waals surface area contributed by atoms with E-state index >= 15 is 0 Å². The van der Waals surface area contributed by atoms with Crippen molar-refractivity contribution in [3.8, 4) is 0 Å². The number of piperidine rings is 1. The Kier molecular flexibility index (Phi) is 7.05. The van der Waals surface area contributed by atoms with Crippen LogP contribution in [0.25, 0.3) is 0 Å². The zero-order chi connectivity index (χ0) is 20.9. The number of hydrogen-bond donors (Lipinski definition) is 2. The Morgan fingerprint density at radius 1 is 1.21 bits per heavy atom.